The zero-order valence-electron chi connectivity index (χ0n) is 20.8. The topological polar surface area (TPSA) is 68.7 Å². The van der Waals surface area contributed by atoms with Gasteiger partial charge in [-0.15, -0.1) is 12.3 Å². The van der Waals surface area contributed by atoms with Gasteiger partial charge >= 0.3 is 5.97 Å². The summed E-state index contributed by atoms with van der Waals surface area (Å²) in [5.74, 6) is 1.91. The number of terminal acetylenes is 1. The number of aromatic nitrogens is 1. The molecule has 0 radical (unpaired) electrons. The molecule has 1 atom stereocenters. The van der Waals surface area contributed by atoms with Gasteiger partial charge in [-0.05, 0) is 66.4 Å². The molecule has 0 bridgehead atoms. The zero-order chi connectivity index (χ0) is 26.7. The third kappa shape index (κ3) is 7.45. The van der Waals surface area contributed by atoms with Gasteiger partial charge in [-0.25, -0.2) is 9.78 Å². The van der Waals surface area contributed by atoms with Gasteiger partial charge in [0, 0.05) is 23.4 Å². The van der Waals surface area contributed by atoms with Crippen LogP contribution in [0.3, 0.4) is 0 Å². The summed E-state index contributed by atoms with van der Waals surface area (Å²) in [5, 5.41) is 11.2. The quantitative estimate of drug-likeness (QED) is 0.152. The van der Waals surface area contributed by atoms with Crippen molar-refractivity contribution < 1.29 is 19.4 Å². The molecular weight excluding hydrogens is 498 g/mol. The van der Waals surface area contributed by atoms with Crippen molar-refractivity contribution in [3.05, 3.63) is 106 Å². The molecule has 1 aromatic heterocycles. The Morgan fingerprint density at radius 1 is 1.03 bits per heavy atom. The van der Waals surface area contributed by atoms with E-state index in [9.17, 15) is 9.90 Å². The van der Waals surface area contributed by atoms with Crippen LogP contribution in [0.15, 0.2) is 78.9 Å². The van der Waals surface area contributed by atoms with Gasteiger partial charge in [0.1, 0.15) is 24.0 Å². The second-order valence-corrected chi connectivity index (χ2v) is 9.15. The maximum absolute atomic E-state index is 11.6. The summed E-state index contributed by atoms with van der Waals surface area (Å²) in [5.41, 5.74) is 3.67. The molecule has 1 unspecified atom stereocenters. The summed E-state index contributed by atoms with van der Waals surface area (Å²) < 4.78 is 12.1. The van der Waals surface area contributed by atoms with Crippen molar-refractivity contribution in [2.45, 2.75) is 25.4 Å². The van der Waals surface area contributed by atoms with Gasteiger partial charge in [0.15, 0.2) is 0 Å². The number of pyridine rings is 1. The molecule has 5 nitrogen and oxygen atoms in total. The number of fused-ring (bicyclic) bond motifs is 1. The highest BCUT2D eigenvalue weighted by molar-refractivity contribution is 6.31. The van der Waals surface area contributed by atoms with E-state index < -0.39 is 12.1 Å². The van der Waals surface area contributed by atoms with E-state index in [1.54, 1.807) is 18.2 Å². The molecule has 1 N–H and O–H groups in total. The smallest absolute Gasteiger partial charge is 0.339 e. The molecule has 192 valence electrons. The van der Waals surface area contributed by atoms with Crippen molar-refractivity contribution in [2.75, 3.05) is 13.2 Å². The molecule has 0 amide bonds. The number of nitrogens with zero attached hydrogens (tertiary/aromatic N) is 1. The van der Waals surface area contributed by atoms with Crippen LogP contribution in [-0.2, 0) is 4.74 Å². The number of rotatable bonds is 12. The van der Waals surface area contributed by atoms with E-state index in [4.69, 9.17) is 27.5 Å². The average molecular weight is 526 g/mol. The molecular formula is C32H28ClNO4. The van der Waals surface area contributed by atoms with E-state index in [0.717, 1.165) is 40.6 Å². The van der Waals surface area contributed by atoms with Crippen molar-refractivity contribution in [2.24, 2.45) is 0 Å². The standard InChI is InChI=1S/C32H28ClNO4/c1-2-3-4-7-19-37-31(22-38-30-12-6-5-11-28(30)32(35)36)25-10-8-9-23(20-25)13-17-27-18-15-24-14-16-26(33)21-29(24)34-27/h1,5-6,8-18,20-21,31H,3-4,7,19,22H2,(H,35,36)/b17-13+. The van der Waals surface area contributed by atoms with E-state index in [0.29, 0.717) is 23.8 Å². The molecule has 4 rings (SSSR count). The normalized spacial score (nSPS) is 11.9. The van der Waals surface area contributed by atoms with Crippen molar-refractivity contribution in [1.82, 2.24) is 4.98 Å². The molecule has 0 spiro atoms. The second kappa shape index (κ2) is 13.4. The maximum Gasteiger partial charge on any atom is 0.339 e. The molecule has 0 aliphatic carbocycles. The fourth-order valence-electron chi connectivity index (χ4n) is 3.97. The van der Waals surface area contributed by atoms with Crippen LogP contribution in [-0.4, -0.2) is 29.3 Å². The first-order valence-electron chi connectivity index (χ1n) is 12.4. The van der Waals surface area contributed by atoms with Gasteiger partial charge in [0.05, 0.1) is 11.2 Å². The number of hydrogen-bond acceptors (Lipinski definition) is 4. The van der Waals surface area contributed by atoms with Crippen LogP contribution in [0, 0.1) is 12.3 Å². The van der Waals surface area contributed by atoms with Gasteiger partial charge in [0.2, 0.25) is 0 Å². The van der Waals surface area contributed by atoms with Crippen LogP contribution in [0.4, 0.5) is 0 Å². The van der Waals surface area contributed by atoms with Gasteiger partial charge in [-0.3, -0.25) is 0 Å². The number of carboxylic acid groups (broad SMARTS) is 1. The summed E-state index contributed by atoms with van der Waals surface area (Å²) in [6.45, 7) is 0.680. The molecule has 0 fully saturated rings. The number of benzene rings is 3. The Labute approximate surface area is 227 Å². The van der Waals surface area contributed by atoms with Crippen LogP contribution in [0.25, 0.3) is 23.1 Å². The Bertz CT molecular complexity index is 1470. The summed E-state index contributed by atoms with van der Waals surface area (Å²) in [6, 6.07) is 24.2. The predicted molar refractivity (Wildman–Crippen MR) is 152 cm³/mol. The number of carboxylic acids is 1. The van der Waals surface area contributed by atoms with Crippen LogP contribution in [0.2, 0.25) is 5.02 Å². The van der Waals surface area contributed by atoms with Gasteiger partial charge < -0.3 is 14.6 Å². The molecule has 0 saturated carbocycles. The fourth-order valence-corrected chi connectivity index (χ4v) is 4.14. The lowest BCUT2D eigenvalue weighted by Gasteiger charge is -2.20. The lowest BCUT2D eigenvalue weighted by atomic mass is 10.1. The lowest BCUT2D eigenvalue weighted by molar-refractivity contribution is 0.0168. The number of hydrogen-bond donors (Lipinski definition) is 1. The molecule has 6 heteroatoms. The zero-order valence-corrected chi connectivity index (χ0v) is 21.6. The van der Waals surface area contributed by atoms with E-state index in [2.05, 4.69) is 10.9 Å². The molecule has 0 aliphatic rings. The number of para-hydroxylation sites is 1. The number of carbonyl (C=O) groups is 1. The second-order valence-electron chi connectivity index (χ2n) is 8.71. The van der Waals surface area contributed by atoms with Crippen LogP contribution in [0.1, 0.15) is 52.5 Å². The first-order valence-corrected chi connectivity index (χ1v) is 12.8. The minimum Gasteiger partial charge on any atom is -0.490 e. The highest BCUT2D eigenvalue weighted by Crippen LogP contribution is 2.25. The Morgan fingerprint density at radius 3 is 2.71 bits per heavy atom. The predicted octanol–water partition coefficient (Wildman–Crippen LogP) is 7.70. The third-order valence-electron chi connectivity index (χ3n) is 5.95. The fraction of sp³-hybridized carbons (Fsp3) is 0.188. The Balaban J connectivity index is 1.52. The summed E-state index contributed by atoms with van der Waals surface area (Å²) in [7, 11) is 0. The molecule has 0 saturated heterocycles. The third-order valence-corrected chi connectivity index (χ3v) is 6.18. The number of aromatic carboxylic acids is 1. The van der Waals surface area contributed by atoms with E-state index in [1.807, 2.05) is 66.7 Å². The minimum absolute atomic E-state index is 0.112. The highest BCUT2D eigenvalue weighted by Gasteiger charge is 2.16. The lowest BCUT2D eigenvalue weighted by Crippen LogP contribution is -2.16. The van der Waals surface area contributed by atoms with Crippen LogP contribution in [0.5, 0.6) is 5.75 Å². The Morgan fingerprint density at radius 2 is 1.87 bits per heavy atom. The number of unbranched alkanes of at least 4 members (excludes halogenated alkanes) is 2. The van der Waals surface area contributed by atoms with Crippen molar-refractivity contribution in [3.8, 4) is 18.1 Å². The van der Waals surface area contributed by atoms with Gasteiger partial charge in [-0.1, -0.05) is 60.1 Å². The van der Waals surface area contributed by atoms with Gasteiger partial charge in [-0.2, -0.15) is 0 Å². The van der Waals surface area contributed by atoms with Crippen molar-refractivity contribution in [1.29, 1.82) is 0 Å². The largest absolute Gasteiger partial charge is 0.490 e. The van der Waals surface area contributed by atoms with E-state index >= 15 is 0 Å². The molecule has 4 aromatic rings. The van der Waals surface area contributed by atoms with Crippen LogP contribution >= 0.6 is 11.6 Å². The van der Waals surface area contributed by atoms with Crippen molar-refractivity contribution >= 4 is 40.6 Å². The number of ether oxygens (including phenoxy) is 2. The summed E-state index contributed by atoms with van der Waals surface area (Å²) >= 11 is 6.12. The van der Waals surface area contributed by atoms with E-state index in [-0.39, 0.29) is 12.2 Å². The summed E-state index contributed by atoms with van der Waals surface area (Å²) in [6.07, 6.45) is 11.3. The minimum atomic E-state index is -1.04. The monoisotopic (exact) mass is 525 g/mol. The maximum atomic E-state index is 11.6. The Hall–Kier alpha value is -4.11. The Kier molecular flexibility index (Phi) is 9.53. The van der Waals surface area contributed by atoms with E-state index in [1.165, 1.54) is 6.07 Å². The molecule has 38 heavy (non-hydrogen) atoms. The molecule has 1 heterocycles. The number of halogens is 1. The molecule has 0 aliphatic heterocycles. The van der Waals surface area contributed by atoms with Gasteiger partial charge in [0.25, 0.3) is 0 Å². The van der Waals surface area contributed by atoms with Crippen molar-refractivity contribution in [3.63, 3.8) is 0 Å². The van der Waals surface area contributed by atoms with Crippen LogP contribution < -0.4 is 4.74 Å². The molecule has 3 aromatic carbocycles. The highest BCUT2D eigenvalue weighted by atomic mass is 35.5. The average Bonchev–Trinajstić information content (AvgIpc) is 2.93. The SMILES string of the molecule is C#CCCCCOC(COc1ccccc1C(=O)O)c1cccc(/C=C/c2ccc3ccc(Cl)cc3n2)c1. The first kappa shape index (κ1) is 26.9. The summed E-state index contributed by atoms with van der Waals surface area (Å²) in [4.78, 5) is 16.3. The first-order chi connectivity index (χ1) is 18.5.